The summed E-state index contributed by atoms with van der Waals surface area (Å²) in [7, 11) is 0. The topological polar surface area (TPSA) is 80.5 Å². The molecular formula is C26H38N4O3. The molecule has 7 nitrogen and oxygen atoms in total. The van der Waals surface area contributed by atoms with Crippen LogP contribution in [-0.2, 0) is 16.9 Å². The minimum atomic E-state index is -1.16. The van der Waals surface area contributed by atoms with E-state index in [-0.39, 0.29) is 12.0 Å². The predicted molar refractivity (Wildman–Crippen MR) is 127 cm³/mol. The fourth-order valence-electron chi connectivity index (χ4n) is 5.21. The molecule has 180 valence electrons. The van der Waals surface area contributed by atoms with Crippen molar-refractivity contribution in [2.45, 2.75) is 83.5 Å². The normalized spacial score (nSPS) is 20.4. The van der Waals surface area contributed by atoms with Crippen molar-refractivity contribution in [3.63, 3.8) is 0 Å². The van der Waals surface area contributed by atoms with E-state index in [9.17, 15) is 9.90 Å². The van der Waals surface area contributed by atoms with Gasteiger partial charge in [-0.15, -0.1) is 0 Å². The highest BCUT2D eigenvalue weighted by Gasteiger charge is 2.44. The predicted octanol–water partition coefficient (Wildman–Crippen LogP) is 4.74. The second-order valence-electron chi connectivity index (χ2n) is 10.7. The number of hydrogen-bond acceptors (Lipinski definition) is 5. The number of aromatic nitrogens is 3. The van der Waals surface area contributed by atoms with Gasteiger partial charge in [0.05, 0.1) is 0 Å². The molecular weight excluding hydrogens is 416 g/mol. The summed E-state index contributed by atoms with van der Waals surface area (Å²) in [6, 6.07) is 9.89. The smallest absolute Gasteiger partial charge is 0.410 e. The van der Waals surface area contributed by atoms with Crippen molar-refractivity contribution in [2.75, 3.05) is 13.1 Å². The van der Waals surface area contributed by atoms with Gasteiger partial charge in [0, 0.05) is 19.6 Å². The van der Waals surface area contributed by atoms with Gasteiger partial charge in [-0.25, -0.2) is 9.78 Å². The van der Waals surface area contributed by atoms with Gasteiger partial charge in [0.1, 0.15) is 11.9 Å². The largest absolute Gasteiger partial charge is 0.444 e. The Morgan fingerprint density at radius 3 is 2.36 bits per heavy atom. The molecule has 0 bridgehead atoms. The van der Waals surface area contributed by atoms with Crippen LogP contribution in [-0.4, -0.2) is 49.6 Å². The molecule has 1 atom stereocenters. The van der Waals surface area contributed by atoms with Gasteiger partial charge in [0.2, 0.25) is 0 Å². The number of rotatable bonds is 5. The molecule has 33 heavy (non-hydrogen) atoms. The van der Waals surface area contributed by atoms with Crippen LogP contribution < -0.4 is 0 Å². The maximum atomic E-state index is 12.3. The van der Waals surface area contributed by atoms with E-state index in [0.717, 1.165) is 50.6 Å². The summed E-state index contributed by atoms with van der Waals surface area (Å²) in [6.45, 7) is 7.80. The second kappa shape index (κ2) is 9.84. The third-order valence-corrected chi connectivity index (χ3v) is 7.00. The summed E-state index contributed by atoms with van der Waals surface area (Å²) in [5, 5.41) is 16.8. The van der Waals surface area contributed by atoms with Gasteiger partial charge in [-0.2, -0.15) is 5.10 Å². The number of ether oxygens (including phenoxy) is 1. The highest BCUT2D eigenvalue weighted by atomic mass is 16.6. The fraction of sp³-hybridized carbons (Fsp3) is 0.654. The van der Waals surface area contributed by atoms with Gasteiger partial charge in [0.15, 0.2) is 11.4 Å². The number of carbonyl (C=O) groups is 1. The molecule has 1 N–H and O–H groups in total. The van der Waals surface area contributed by atoms with Gasteiger partial charge < -0.3 is 14.7 Å². The molecule has 1 aromatic carbocycles. The van der Waals surface area contributed by atoms with E-state index >= 15 is 0 Å². The third kappa shape index (κ3) is 5.57. The van der Waals surface area contributed by atoms with Crippen molar-refractivity contribution in [2.24, 2.45) is 11.8 Å². The molecule has 2 aromatic rings. The number of carbonyl (C=O) groups excluding carboxylic acids is 1. The van der Waals surface area contributed by atoms with Crippen molar-refractivity contribution >= 4 is 6.09 Å². The molecule has 1 amide bonds. The van der Waals surface area contributed by atoms with Gasteiger partial charge in [-0.1, -0.05) is 49.6 Å². The Balaban J connectivity index is 1.43. The Morgan fingerprint density at radius 1 is 1.06 bits per heavy atom. The molecule has 7 heteroatoms. The van der Waals surface area contributed by atoms with Crippen LogP contribution in [0.4, 0.5) is 4.79 Å². The zero-order chi connectivity index (χ0) is 23.5. The summed E-state index contributed by atoms with van der Waals surface area (Å²) < 4.78 is 7.38. The first-order valence-electron chi connectivity index (χ1n) is 12.4. The monoisotopic (exact) mass is 454 g/mol. The molecule has 1 aliphatic carbocycles. The van der Waals surface area contributed by atoms with Crippen molar-refractivity contribution in [1.82, 2.24) is 19.7 Å². The molecule has 4 rings (SSSR count). The Hall–Kier alpha value is -2.41. The molecule has 2 fully saturated rings. The van der Waals surface area contributed by atoms with Crippen LogP contribution >= 0.6 is 0 Å². The van der Waals surface area contributed by atoms with Crippen LogP contribution in [0, 0.1) is 11.8 Å². The van der Waals surface area contributed by atoms with Crippen LogP contribution in [0.15, 0.2) is 36.7 Å². The van der Waals surface area contributed by atoms with E-state index in [0.29, 0.717) is 24.8 Å². The Morgan fingerprint density at radius 2 is 1.73 bits per heavy atom. The quantitative estimate of drug-likeness (QED) is 0.706. The SMILES string of the molecule is CC(C)(C)OC(=O)N1CCC(Cn2cnc(C(O)(c3ccccc3)C3CCCCC3)n2)CC1. The summed E-state index contributed by atoms with van der Waals surface area (Å²) in [5.41, 5.74) is -0.758. The Bertz CT molecular complexity index is 909. The van der Waals surface area contributed by atoms with Crippen LogP contribution in [0.2, 0.25) is 0 Å². The van der Waals surface area contributed by atoms with Gasteiger partial charge >= 0.3 is 6.09 Å². The Kier molecular flexibility index (Phi) is 7.07. The lowest BCUT2D eigenvalue weighted by Gasteiger charge is -2.37. The average molecular weight is 455 g/mol. The number of amides is 1. The lowest BCUT2D eigenvalue weighted by Crippen LogP contribution is -2.42. The number of likely N-dealkylation sites (tertiary alicyclic amines) is 1. The summed E-state index contributed by atoms with van der Waals surface area (Å²) >= 11 is 0. The number of aliphatic hydroxyl groups is 1. The van der Waals surface area contributed by atoms with Crippen molar-refractivity contribution in [3.8, 4) is 0 Å². The summed E-state index contributed by atoms with van der Waals surface area (Å²) in [4.78, 5) is 18.7. The van der Waals surface area contributed by atoms with E-state index in [1.807, 2.05) is 55.8 Å². The molecule has 0 radical (unpaired) electrons. The maximum absolute atomic E-state index is 12.3. The fourth-order valence-corrected chi connectivity index (χ4v) is 5.21. The molecule has 1 aliphatic heterocycles. The lowest BCUT2D eigenvalue weighted by molar-refractivity contribution is -0.00872. The second-order valence-corrected chi connectivity index (χ2v) is 10.7. The minimum Gasteiger partial charge on any atom is -0.444 e. The van der Waals surface area contributed by atoms with E-state index < -0.39 is 11.2 Å². The van der Waals surface area contributed by atoms with Crippen molar-refractivity contribution < 1.29 is 14.6 Å². The molecule has 1 unspecified atom stereocenters. The first kappa shape index (κ1) is 23.7. The maximum Gasteiger partial charge on any atom is 0.410 e. The van der Waals surface area contributed by atoms with E-state index in [2.05, 4.69) is 4.98 Å². The van der Waals surface area contributed by atoms with Crippen LogP contribution in [0.5, 0.6) is 0 Å². The lowest BCUT2D eigenvalue weighted by atomic mass is 9.73. The number of benzene rings is 1. The molecule has 1 aromatic heterocycles. The number of hydrogen-bond donors (Lipinski definition) is 1. The van der Waals surface area contributed by atoms with Crippen molar-refractivity contribution in [1.29, 1.82) is 0 Å². The van der Waals surface area contributed by atoms with Crippen LogP contribution in [0.3, 0.4) is 0 Å². The molecule has 2 aliphatic rings. The number of nitrogens with zero attached hydrogens (tertiary/aromatic N) is 4. The molecule has 0 spiro atoms. The van der Waals surface area contributed by atoms with E-state index in [1.165, 1.54) is 6.42 Å². The zero-order valence-electron chi connectivity index (χ0n) is 20.2. The first-order valence-corrected chi connectivity index (χ1v) is 12.4. The highest BCUT2D eigenvalue weighted by Crippen LogP contribution is 2.42. The van der Waals surface area contributed by atoms with Gasteiger partial charge in [-0.05, 0) is 63.9 Å². The summed E-state index contributed by atoms with van der Waals surface area (Å²) in [5.74, 6) is 1.05. The number of piperidine rings is 1. The van der Waals surface area contributed by atoms with Crippen LogP contribution in [0.25, 0.3) is 0 Å². The summed E-state index contributed by atoms with van der Waals surface area (Å²) in [6.07, 6.45) is 8.81. The minimum absolute atomic E-state index is 0.126. The Labute approximate surface area is 197 Å². The van der Waals surface area contributed by atoms with Crippen LogP contribution in [0.1, 0.15) is 77.1 Å². The van der Waals surface area contributed by atoms with E-state index in [4.69, 9.17) is 9.84 Å². The zero-order valence-corrected chi connectivity index (χ0v) is 20.2. The van der Waals surface area contributed by atoms with Gasteiger partial charge in [-0.3, -0.25) is 4.68 Å². The van der Waals surface area contributed by atoms with Crippen molar-refractivity contribution in [3.05, 3.63) is 48.0 Å². The standard InChI is InChI=1S/C26H38N4O3/c1-25(2,3)33-24(31)29-16-14-20(15-17-29)18-30-19-27-23(28-30)26(32,21-10-6-4-7-11-21)22-12-8-5-9-13-22/h4,6-7,10-11,19-20,22,32H,5,8-9,12-18H2,1-3H3. The molecule has 2 heterocycles. The molecule has 1 saturated heterocycles. The average Bonchev–Trinajstić information content (AvgIpc) is 3.28. The first-order chi connectivity index (χ1) is 15.8. The highest BCUT2D eigenvalue weighted by molar-refractivity contribution is 5.68. The van der Waals surface area contributed by atoms with Gasteiger partial charge in [0.25, 0.3) is 0 Å². The molecule has 1 saturated carbocycles. The third-order valence-electron chi connectivity index (χ3n) is 7.00. The van der Waals surface area contributed by atoms with E-state index in [1.54, 1.807) is 11.2 Å².